The monoisotopic (exact) mass is 236 g/mol. The van der Waals surface area contributed by atoms with Gasteiger partial charge in [0.15, 0.2) is 0 Å². The number of sulfonamides is 1. The summed E-state index contributed by atoms with van der Waals surface area (Å²) in [6.45, 7) is 0. The van der Waals surface area contributed by atoms with Crippen LogP contribution in [0.5, 0.6) is 0 Å². The largest absolute Gasteiger partial charge is 1.00 e. The van der Waals surface area contributed by atoms with Crippen molar-refractivity contribution in [1.82, 2.24) is 4.72 Å². The Morgan fingerprint density at radius 1 is 1.29 bits per heavy atom. The molecule has 6 heteroatoms. The molecule has 0 aliphatic rings. The van der Waals surface area contributed by atoms with Crippen LogP contribution in [0.2, 0.25) is 0 Å². The molecule has 0 aliphatic heterocycles. The normalized spacial score (nSPS) is 10.7. The van der Waals surface area contributed by atoms with Gasteiger partial charge in [0.05, 0.1) is 5.75 Å². The van der Waals surface area contributed by atoms with E-state index >= 15 is 0 Å². The molecule has 0 saturated carbocycles. The van der Waals surface area contributed by atoms with Gasteiger partial charge < -0.3 is 18.1 Å². The fraction of sp³-hybridized carbons (Fsp3) is 0.250. The summed E-state index contributed by atoms with van der Waals surface area (Å²) in [6, 6.07) is 7.11. The Hall–Kier alpha value is -0.620. The molecule has 0 unspecified atom stereocenters. The quantitative estimate of drug-likeness (QED) is 0.575. The Bertz CT molecular complexity index is 375. The number of hydrogen-bond acceptors (Lipinski definition) is 2. The number of rotatable bonds is 3. The zero-order valence-electron chi connectivity index (χ0n) is 7.83. The van der Waals surface area contributed by atoms with Gasteiger partial charge in [0.2, 0.25) is 10.0 Å². The standard InChI is InChI=1S/C8H12N2O2S.ClH/c1-10-13(11,12)6-7-2-4-8(9)5-3-7;/h2-5,10H,6,9H2,1H3;1H. The summed E-state index contributed by atoms with van der Waals surface area (Å²) in [5.74, 6) is 0.0176. The highest BCUT2D eigenvalue weighted by molar-refractivity contribution is 7.88. The molecule has 0 heterocycles. The maximum Gasteiger partial charge on any atom is 0.215 e. The Morgan fingerprint density at radius 2 is 1.79 bits per heavy atom. The summed E-state index contributed by atoms with van der Waals surface area (Å²) < 4.78 is 24.5. The predicted octanol–water partition coefficient (Wildman–Crippen LogP) is -3.39. The molecule has 0 aliphatic carbocycles. The van der Waals surface area contributed by atoms with E-state index in [2.05, 4.69) is 10.5 Å². The van der Waals surface area contributed by atoms with Crippen molar-refractivity contribution in [2.45, 2.75) is 5.75 Å². The Labute approximate surface area is 90.0 Å². The third-order valence-corrected chi connectivity index (χ3v) is 3.03. The second kappa shape index (κ2) is 5.31. The van der Waals surface area contributed by atoms with E-state index in [1.165, 1.54) is 7.05 Å². The van der Waals surface area contributed by atoms with Crippen LogP contribution in [-0.4, -0.2) is 15.5 Å². The summed E-state index contributed by atoms with van der Waals surface area (Å²) in [5.41, 5.74) is 5.36. The van der Waals surface area contributed by atoms with E-state index in [0.29, 0.717) is 0 Å². The first-order valence-corrected chi connectivity index (χ1v) is 5.51. The van der Waals surface area contributed by atoms with Crippen LogP contribution in [0.3, 0.4) is 0 Å². The molecular formula is C8H13ClN2O2S. The SMILES string of the molecule is CNS(=O)(=O)Cc1ccc([NH3+])cc1.[Cl-]. The predicted molar refractivity (Wildman–Crippen MR) is 50.7 cm³/mol. The van der Waals surface area contributed by atoms with Crippen molar-refractivity contribution in [1.29, 1.82) is 0 Å². The van der Waals surface area contributed by atoms with Crippen LogP contribution in [0, 0.1) is 0 Å². The number of hydrogen-bond donors (Lipinski definition) is 2. The van der Waals surface area contributed by atoms with Gasteiger partial charge in [-0.3, -0.25) is 0 Å². The molecule has 0 spiro atoms. The molecule has 1 aromatic rings. The molecule has 0 amide bonds. The summed E-state index contributed by atoms with van der Waals surface area (Å²) in [6.07, 6.45) is 0. The molecule has 1 aromatic carbocycles. The lowest BCUT2D eigenvalue weighted by Crippen LogP contribution is -3.00. The minimum Gasteiger partial charge on any atom is -1.00 e. The first kappa shape index (κ1) is 13.4. The van der Waals surface area contributed by atoms with E-state index in [-0.39, 0.29) is 18.2 Å². The van der Waals surface area contributed by atoms with Crippen LogP contribution < -0.4 is 22.9 Å². The molecule has 4 nitrogen and oxygen atoms in total. The van der Waals surface area contributed by atoms with E-state index in [1.807, 2.05) is 0 Å². The molecule has 0 aromatic heterocycles. The van der Waals surface area contributed by atoms with Gasteiger partial charge in [0.1, 0.15) is 5.69 Å². The zero-order valence-corrected chi connectivity index (χ0v) is 9.40. The summed E-state index contributed by atoms with van der Waals surface area (Å²) in [5, 5.41) is 0. The number of nitrogens with one attached hydrogen (secondary N) is 1. The van der Waals surface area contributed by atoms with Gasteiger partial charge in [0, 0.05) is 0 Å². The lowest BCUT2D eigenvalue weighted by Gasteiger charge is -2.01. The van der Waals surface area contributed by atoms with Crippen LogP contribution in [-0.2, 0) is 15.8 Å². The van der Waals surface area contributed by atoms with Crippen LogP contribution in [0.1, 0.15) is 5.56 Å². The van der Waals surface area contributed by atoms with E-state index in [1.54, 1.807) is 24.3 Å². The molecular weight excluding hydrogens is 224 g/mol. The third kappa shape index (κ3) is 4.06. The topological polar surface area (TPSA) is 73.8 Å². The Kier molecular flexibility index (Phi) is 5.07. The van der Waals surface area contributed by atoms with Crippen molar-refractivity contribution in [3.63, 3.8) is 0 Å². The van der Waals surface area contributed by atoms with E-state index < -0.39 is 10.0 Å². The van der Waals surface area contributed by atoms with Gasteiger partial charge in [-0.05, 0) is 24.7 Å². The van der Waals surface area contributed by atoms with Crippen molar-refractivity contribution in [2.75, 3.05) is 7.05 Å². The average molecular weight is 237 g/mol. The second-order valence-electron chi connectivity index (χ2n) is 2.78. The maximum atomic E-state index is 11.1. The highest BCUT2D eigenvalue weighted by atomic mass is 35.5. The van der Waals surface area contributed by atoms with Gasteiger partial charge in [0.25, 0.3) is 0 Å². The molecule has 1 rings (SSSR count). The van der Waals surface area contributed by atoms with Crippen molar-refractivity contribution < 1.29 is 26.6 Å². The van der Waals surface area contributed by atoms with Gasteiger partial charge in [-0.2, -0.15) is 0 Å². The molecule has 0 radical (unpaired) electrons. The zero-order chi connectivity index (χ0) is 9.90. The minimum atomic E-state index is -3.16. The van der Waals surface area contributed by atoms with Crippen LogP contribution in [0.4, 0.5) is 5.69 Å². The second-order valence-corrected chi connectivity index (χ2v) is 4.71. The minimum absolute atomic E-state index is 0. The lowest BCUT2D eigenvalue weighted by molar-refractivity contribution is -0.254. The first-order chi connectivity index (χ1) is 6.03. The molecule has 0 saturated heterocycles. The number of halogens is 1. The Balaban J connectivity index is 0.00000169. The summed E-state index contributed by atoms with van der Waals surface area (Å²) in [7, 11) is -1.75. The van der Waals surface area contributed by atoms with Crippen LogP contribution >= 0.6 is 0 Å². The molecule has 0 bridgehead atoms. The average Bonchev–Trinajstić information content (AvgIpc) is 2.09. The first-order valence-electron chi connectivity index (χ1n) is 3.85. The van der Waals surface area contributed by atoms with Crippen LogP contribution in [0.25, 0.3) is 0 Å². The molecule has 80 valence electrons. The van der Waals surface area contributed by atoms with Crippen molar-refractivity contribution in [3.05, 3.63) is 29.8 Å². The molecule has 14 heavy (non-hydrogen) atoms. The lowest BCUT2D eigenvalue weighted by atomic mass is 10.2. The number of benzene rings is 1. The van der Waals surface area contributed by atoms with E-state index in [4.69, 9.17) is 0 Å². The van der Waals surface area contributed by atoms with E-state index in [9.17, 15) is 8.42 Å². The van der Waals surface area contributed by atoms with E-state index in [0.717, 1.165) is 11.3 Å². The van der Waals surface area contributed by atoms with Crippen LogP contribution in [0.15, 0.2) is 24.3 Å². The van der Waals surface area contributed by atoms with Gasteiger partial charge >= 0.3 is 0 Å². The fourth-order valence-electron chi connectivity index (χ4n) is 0.927. The van der Waals surface area contributed by atoms with Gasteiger partial charge in [-0.25, -0.2) is 13.1 Å². The molecule has 0 atom stereocenters. The van der Waals surface area contributed by atoms with Crippen molar-refractivity contribution >= 4 is 15.7 Å². The molecule has 0 fully saturated rings. The van der Waals surface area contributed by atoms with Gasteiger partial charge in [-0.1, -0.05) is 12.1 Å². The highest BCUT2D eigenvalue weighted by Crippen LogP contribution is 2.06. The summed E-state index contributed by atoms with van der Waals surface area (Å²) in [4.78, 5) is 0. The smallest absolute Gasteiger partial charge is 0.215 e. The molecule has 4 N–H and O–H groups in total. The maximum absolute atomic E-state index is 11.1. The number of quaternary nitrogens is 1. The fourth-order valence-corrected chi connectivity index (χ4v) is 1.70. The highest BCUT2D eigenvalue weighted by Gasteiger charge is 2.07. The Morgan fingerprint density at radius 3 is 2.21 bits per heavy atom. The third-order valence-electron chi connectivity index (χ3n) is 1.69. The summed E-state index contributed by atoms with van der Waals surface area (Å²) >= 11 is 0. The van der Waals surface area contributed by atoms with Crippen molar-refractivity contribution in [2.24, 2.45) is 0 Å². The van der Waals surface area contributed by atoms with Gasteiger partial charge in [-0.15, -0.1) is 0 Å². The van der Waals surface area contributed by atoms with Crippen molar-refractivity contribution in [3.8, 4) is 0 Å².